The van der Waals surface area contributed by atoms with Crippen LogP contribution in [0.25, 0.3) is 0 Å². The molecule has 5 heteroatoms. The van der Waals surface area contributed by atoms with Gasteiger partial charge in [-0.25, -0.2) is 13.9 Å². The second-order valence-corrected chi connectivity index (χ2v) is 8.54. The van der Waals surface area contributed by atoms with E-state index in [2.05, 4.69) is 25.6 Å². The Hall–Kier alpha value is -0.260. The van der Waals surface area contributed by atoms with Gasteiger partial charge in [-0.3, -0.25) is 0 Å². The van der Waals surface area contributed by atoms with E-state index in [9.17, 15) is 4.21 Å². The molecule has 100 valence electrons. The van der Waals surface area contributed by atoms with Crippen LogP contribution in [0.4, 0.5) is 0 Å². The van der Waals surface area contributed by atoms with Crippen LogP contribution in [0.5, 0.6) is 0 Å². The summed E-state index contributed by atoms with van der Waals surface area (Å²) in [6.45, 7) is 5.95. The topological polar surface area (TPSA) is 42.0 Å². The van der Waals surface area contributed by atoms with Crippen molar-refractivity contribution in [2.45, 2.75) is 50.3 Å². The Balaban J connectivity index is 2.24. The van der Waals surface area contributed by atoms with Gasteiger partial charge in [0.15, 0.2) is 0 Å². The van der Waals surface area contributed by atoms with Crippen molar-refractivity contribution < 1.29 is 4.21 Å². The fraction of sp³-hybridized carbons (Fsp3) is 0.615. The molecule has 0 spiro atoms. The van der Waals surface area contributed by atoms with E-state index >= 15 is 0 Å². The zero-order chi connectivity index (χ0) is 13.4. The molecule has 1 fully saturated rings. The van der Waals surface area contributed by atoms with Crippen molar-refractivity contribution >= 4 is 26.9 Å². The van der Waals surface area contributed by atoms with Gasteiger partial charge in [-0.1, -0.05) is 6.07 Å². The van der Waals surface area contributed by atoms with Crippen LogP contribution in [0.3, 0.4) is 0 Å². The molecule has 0 radical (unpaired) electrons. The molecule has 2 rings (SSSR count). The molecule has 1 heterocycles. The van der Waals surface area contributed by atoms with E-state index in [1.807, 2.05) is 39.0 Å². The first-order chi connectivity index (χ1) is 8.33. The second-order valence-electron chi connectivity index (χ2n) is 5.76. The maximum absolute atomic E-state index is 12.3. The van der Waals surface area contributed by atoms with Gasteiger partial charge in [0.1, 0.15) is 4.60 Å². The van der Waals surface area contributed by atoms with Gasteiger partial charge in [0.2, 0.25) is 0 Å². The quantitative estimate of drug-likeness (QED) is 0.864. The van der Waals surface area contributed by atoms with Crippen molar-refractivity contribution in [3.8, 4) is 0 Å². The predicted octanol–water partition coefficient (Wildman–Crippen LogP) is 3.28. The highest BCUT2D eigenvalue weighted by molar-refractivity contribution is 9.10. The number of nitrogens with zero attached hydrogens (tertiary/aromatic N) is 1. The summed E-state index contributed by atoms with van der Waals surface area (Å²) in [5.41, 5.74) is 0.780. The minimum absolute atomic E-state index is 0.206. The van der Waals surface area contributed by atoms with Crippen LogP contribution in [0.15, 0.2) is 22.8 Å². The largest absolute Gasteiger partial charge is 0.244 e. The highest BCUT2D eigenvalue weighted by Crippen LogP contribution is 2.41. The fourth-order valence-electron chi connectivity index (χ4n) is 1.95. The molecule has 1 aromatic rings. The minimum atomic E-state index is -1.07. The van der Waals surface area contributed by atoms with E-state index in [0.717, 1.165) is 29.6 Å². The van der Waals surface area contributed by atoms with Crippen LogP contribution in [0, 0.1) is 0 Å². The van der Waals surface area contributed by atoms with Gasteiger partial charge in [-0.2, -0.15) is 0 Å². The van der Waals surface area contributed by atoms with Crippen molar-refractivity contribution in [3.63, 3.8) is 0 Å². The van der Waals surface area contributed by atoms with E-state index in [1.165, 1.54) is 0 Å². The van der Waals surface area contributed by atoms with Crippen LogP contribution in [0.1, 0.15) is 45.7 Å². The molecule has 1 saturated carbocycles. The highest BCUT2D eigenvalue weighted by Gasteiger charge is 2.42. The first-order valence-corrected chi connectivity index (χ1v) is 8.11. The SMILES string of the molecule is CC(C)(C)[S@](=O)NC1(c2cccc(Br)n2)CCC1. The Bertz CT molecular complexity index is 466. The Morgan fingerprint density at radius 3 is 2.50 bits per heavy atom. The van der Waals surface area contributed by atoms with Gasteiger partial charge in [0.05, 0.1) is 27.0 Å². The molecule has 1 aromatic heterocycles. The lowest BCUT2D eigenvalue weighted by atomic mass is 9.75. The summed E-state index contributed by atoms with van der Waals surface area (Å²) >= 11 is 3.40. The van der Waals surface area contributed by atoms with Gasteiger partial charge in [0.25, 0.3) is 0 Å². The Labute approximate surface area is 119 Å². The van der Waals surface area contributed by atoms with Crippen molar-refractivity contribution in [2.24, 2.45) is 0 Å². The van der Waals surface area contributed by atoms with Crippen LogP contribution in [-0.2, 0) is 16.5 Å². The minimum Gasteiger partial charge on any atom is -0.244 e. The fourth-order valence-corrected chi connectivity index (χ4v) is 3.26. The van der Waals surface area contributed by atoms with Gasteiger partial charge in [-0.15, -0.1) is 0 Å². The van der Waals surface area contributed by atoms with Gasteiger partial charge < -0.3 is 0 Å². The summed E-state index contributed by atoms with van der Waals surface area (Å²) in [6, 6.07) is 5.90. The van der Waals surface area contributed by atoms with E-state index in [1.54, 1.807) is 0 Å². The normalized spacial score (nSPS) is 20.2. The molecule has 0 bridgehead atoms. The third kappa shape index (κ3) is 2.83. The average molecular weight is 331 g/mol. The first-order valence-electron chi connectivity index (χ1n) is 6.16. The number of hydrogen-bond acceptors (Lipinski definition) is 2. The maximum atomic E-state index is 12.3. The zero-order valence-electron chi connectivity index (χ0n) is 11.0. The molecule has 1 aliphatic carbocycles. The number of hydrogen-bond donors (Lipinski definition) is 1. The summed E-state index contributed by atoms with van der Waals surface area (Å²) in [6.07, 6.45) is 3.15. The lowest BCUT2D eigenvalue weighted by Gasteiger charge is -2.43. The number of rotatable bonds is 3. The van der Waals surface area contributed by atoms with Crippen LogP contribution in [-0.4, -0.2) is 13.9 Å². The number of nitrogens with one attached hydrogen (secondary N) is 1. The van der Waals surface area contributed by atoms with Gasteiger partial charge >= 0.3 is 0 Å². The lowest BCUT2D eigenvalue weighted by molar-refractivity contribution is 0.219. The molecule has 1 aliphatic rings. The van der Waals surface area contributed by atoms with Gasteiger partial charge in [0, 0.05) is 0 Å². The van der Waals surface area contributed by atoms with Crippen LogP contribution in [0.2, 0.25) is 0 Å². The second kappa shape index (κ2) is 5.02. The first kappa shape index (κ1) is 14.2. The summed E-state index contributed by atoms with van der Waals surface area (Å²) in [5.74, 6) is 0. The molecule has 0 amide bonds. The monoisotopic (exact) mass is 330 g/mol. The molecular weight excluding hydrogens is 312 g/mol. The molecule has 1 atom stereocenters. The van der Waals surface area contributed by atoms with Crippen LogP contribution >= 0.6 is 15.9 Å². The molecule has 0 saturated heterocycles. The lowest BCUT2D eigenvalue weighted by Crippen LogP contribution is -2.52. The Morgan fingerprint density at radius 2 is 2.06 bits per heavy atom. The van der Waals surface area contributed by atoms with E-state index < -0.39 is 11.0 Å². The molecule has 0 aromatic carbocycles. The third-order valence-corrected chi connectivity index (χ3v) is 5.39. The summed E-state index contributed by atoms with van der Waals surface area (Å²) in [4.78, 5) is 4.52. The number of aromatic nitrogens is 1. The molecule has 1 N–H and O–H groups in total. The summed E-state index contributed by atoms with van der Waals surface area (Å²) < 4.78 is 16.2. The third-order valence-electron chi connectivity index (χ3n) is 3.26. The summed E-state index contributed by atoms with van der Waals surface area (Å²) in [5, 5.41) is 0. The van der Waals surface area contributed by atoms with Crippen molar-refractivity contribution in [1.29, 1.82) is 0 Å². The molecule has 0 unspecified atom stereocenters. The predicted molar refractivity (Wildman–Crippen MR) is 78.5 cm³/mol. The highest BCUT2D eigenvalue weighted by atomic mass is 79.9. The average Bonchev–Trinajstić information content (AvgIpc) is 2.21. The molecule has 0 aliphatic heterocycles. The van der Waals surface area contributed by atoms with Crippen molar-refractivity contribution in [3.05, 3.63) is 28.5 Å². The molecule has 18 heavy (non-hydrogen) atoms. The number of halogens is 1. The Morgan fingerprint density at radius 1 is 1.39 bits per heavy atom. The maximum Gasteiger partial charge on any atom is 0.106 e. The zero-order valence-corrected chi connectivity index (χ0v) is 13.4. The molecule has 3 nitrogen and oxygen atoms in total. The van der Waals surface area contributed by atoms with Crippen molar-refractivity contribution in [1.82, 2.24) is 9.71 Å². The smallest absolute Gasteiger partial charge is 0.106 e. The van der Waals surface area contributed by atoms with Gasteiger partial charge in [-0.05, 0) is 68.1 Å². The van der Waals surface area contributed by atoms with Crippen LogP contribution < -0.4 is 4.72 Å². The van der Waals surface area contributed by atoms with E-state index in [4.69, 9.17) is 0 Å². The van der Waals surface area contributed by atoms with E-state index in [-0.39, 0.29) is 10.3 Å². The van der Waals surface area contributed by atoms with E-state index in [0.29, 0.717) is 0 Å². The number of pyridine rings is 1. The molecular formula is C13H19BrN2OS. The van der Waals surface area contributed by atoms with Crippen molar-refractivity contribution in [2.75, 3.05) is 0 Å². The Kier molecular flexibility index (Phi) is 3.95. The summed E-state index contributed by atoms with van der Waals surface area (Å²) in [7, 11) is -1.07. The standard InChI is InChI=1S/C13H19BrN2OS/c1-12(2,3)18(17)16-13(8-5-9-13)10-6-4-7-11(14)15-10/h4,6-7,16H,5,8-9H2,1-3H3/t18-/m0/s1.